The second-order valence-corrected chi connectivity index (χ2v) is 7.24. The van der Waals surface area contributed by atoms with Crippen LogP contribution in [-0.2, 0) is 19.1 Å². The van der Waals surface area contributed by atoms with Crippen LogP contribution in [0.25, 0.3) is 0 Å². The van der Waals surface area contributed by atoms with E-state index in [2.05, 4.69) is 5.32 Å². The molecule has 0 aromatic carbocycles. The number of nitrogens with one attached hydrogen (secondary N) is 1. The summed E-state index contributed by atoms with van der Waals surface area (Å²) >= 11 is 1.30. The molecule has 25 heavy (non-hydrogen) atoms. The minimum absolute atomic E-state index is 0. The number of amides is 1. The quantitative estimate of drug-likeness (QED) is 0.389. The molecule has 3 aliphatic heterocycles. The van der Waals surface area contributed by atoms with E-state index < -0.39 is 36.4 Å². The fourth-order valence-electron chi connectivity index (χ4n) is 3.04. The van der Waals surface area contributed by atoms with Crippen molar-refractivity contribution in [2.24, 2.45) is 5.92 Å². The number of carbonyl (C=O) groups is 2. The van der Waals surface area contributed by atoms with Gasteiger partial charge in [-0.1, -0.05) is 6.42 Å². The summed E-state index contributed by atoms with van der Waals surface area (Å²) in [5.41, 5.74) is 0. The van der Waals surface area contributed by atoms with Crippen LogP contribution < -0.4 is 40.0 Å². The minimum atomic E-state index is -1.34. The van der Waals surface area contributed by atoms with Gasteiger partial charge >= 0.3 is 29.6 Å². The van der Waals surface area contributed by atoms with E-state index in [9.17, 15) is 24.9 Å². The third-order valence-electron chi connectivity index (χ3n) is 4.30. The van der Waals surface area contributed by atoms with E-state index in [1.54, 1.807) is 0 Å². The summed E-state index contributed by atoms with van der Waals surface area (Å²) < 4.78 is 11.3. The SMILES string of the molecule is CC(=O)N[C@H](CSCC1OC2OCCCCC1C(O)C2O)C(=O)[O-].[Na+]. The van der Waals surface area contributed by atoms with E-state index in [-0.39, 0.29) is 47.3 Å². The van der Waals surface area contributed by atoms with Gasteiger partial charge in [-0.05, 0) is 12.8 Å². The van der Waals surface area contributed by atoms with Crippen LogP contribution >= 0.6 is 11.8 Å². The van der Waals surface area contributed by atoms with E-state index in [0.717, 1.165) is 12.8 Å². The summed E-state index contributed by atoms with van der Waals surface area (Å²) in [7, 11) is 0. The Labute approximate surface area is 173 Å². The molecule has 5 unspecified atom stereocenters. The Balaban J connectivity index is 0.00000312. The van der Waals surface area contributed by atoms with Crippen LogP contribution in [0, 0.1) is 5.92 Å². The molecule has 10 heteroatoms. The zero-order valence-corrected chi connectivity index (χ0v) is 17.4. The summed E-state index contributed by atoms with van der Waals surface area (Å²) in [5, 5.41) is 33.7. The molecule has 3 heterocycles. The maximum atomic E-state index is 11.0. The standard InChI is InChI=1S/C15H25NO7S.Na/c1-8(17)16-10(14(20)21)6-24-7-11-9-4-2-3-5-22-15(23-11)13(19)12(9)18;/h9-13,15,18-19H,2-7H2,1H3,(H,16,17)(H,20,21);/q;+1/p-1/t9?,10-,11?,12?,13?,15?;/m1./s1. The number of aliphatic hydroxyl groups is 2. The molecule has 138 valence electrons. The predicted octanol–water partition coefficient (Wildman–Crippen LogP) is -4.76. The van der Waals surface area contributed by atoms with Gasteiger partial charge in [0.2, 0.25) is 5.91 Å². The van der Waals surface area contributed by atoms with Crippen molar-refractivity contribution < 1.29 is 63.9 Å². The molecule has 8 nitrogen and oxygen atoms in total. The molecule has 3 rings (SSSR count). The molecule has 6 atom stereocenters. The molecule has 0 radical (unpaired) electrons. The molecular formula is C15H24NNaO7S. The molecule has 0 aromatic rings. The van der Waals surface area contributed by atoms with Crippen LogP contribution in [0.1, 0.15) is 26.2 Å². The summed E-state index contributed by atoms with van der Waals surface area (Å²) in [4.78, 5) is 22.0. The summed E-state index contributed by atoms with van der Waals surface area (Å²) in [5.74, 6) is -1.44. The smallest absolute Gasteiger partial charge is 0.548 e. The van der Waals surface area contributed by atoms with Gasteiger partial charge in [0.25, 0.3) is 0 Å². The van der Waals surface area contributed by atoms with Gasteiger partial charge in [-0.2, -0.15) is 11.8 Å². The molecule has 3 N–H and O–H groups in total. The average Bonchev–Trinajstić information content (AvgIpc) is 2.65. The van der Waals surface area contributed by atoms with E-state index in [4.69, 9.17) is 9.47 Å². The molecular weight excluding hydrogens is 361 g/mol. The van der Waals surface area contributed by atoms with Crippen LogP contribution in [-0.4, -0.2) is 70.8 Å². The predicted molar refractivity (Wildman–Crippen MR) is 83.9 cm³/mol. The van der Waals surface area contributed by atoms with E-state index in [1.165, 1.54) is 18.7 Å². The largest absolute Gasteiger partial charge is 1.00 e. The van der Waals surface area contributed by atoms with Gasteiger partial charge < -0.3 is 34.9 Å². The van der Waals surface area contributed by atoms with Gasteiger partial charge in [-0.25, -0.2) is 0 Å². The zero-order valence-electron chi connectivity index (χ0n) is 14.6. The zero-order chi connectivity index (χ0) is 17.7. The van der Waals surface area contributed by atoms with Crippen LogP contribution in [0.4, 0.5) is 0 Å². The number of carbonyl (C=O) groups excluding carboxylic acids is 2. The van der Waals surface area contributed by atoms with Gasteiger partial charge in [0.15, 0.2) is 6.29 Å². The summed E-state index contributed by atoms with van der Waals surface area (Å²) in [6, 6.07) is -1.08. The number of carboxylic acid groups (broad SMARTS) is 1. The third-order valence-corrected chi connectivity index (χ3v) is 5.43. The molecule has 0 spiro atoms. The second kappa shape index (κ2) is 11.1. The van der Waals surface area contributed by atoms with Crippen molar-refractivity contribution in [3.05, 3.63) is 0 Å². The average molecular weight is 385 g/mol. The summed E-state index contributed by atoms with van der Waals surface area (Å²) in [6.07, 6.45) is -0.827. The minimum Gasteiger partial charge on any atom is -0.548 e. The molecule has 0 aliphatic carbocycles. The molecule has 0 aromatic heterocycles. The first-order valence-electron chi connectivity index (χ1n) is 8.09. The van der Waals surface area contributed by atoms with Gasteiger partial charge in [-0.15, -0.1) is 0 Å². The molecule has 3 saturated heterocycles. The Morgan fingerprint density at radius 1 is 1.32 bits per heavy atom. The number of hydrogen-bond donors (Lipinski definition) is 3. The van der Waals surface area contributed by atoms with Crippen LogP contribution in [0.2, 0.25) is 0 Å². The number of thioether (sulfide) groups is 1. The molecule has 0 saturated carbocycles. The second-order valence-electron chi connectivity index (χ2n) is 6.16. The molecule has 3 fully saturated rings. The van der Waals surface area contributed by atoms with Crippen LogP contribution in [0.15, 0.2) is 0 Å². The third kappa shape index (κ3) is 6.66. The Hall–Kier alpha value is 0.130. The summed E-state index contributed by atoms with van der Waals surface area (Å²) in [6.45, 7) is 1.71. The monoisotopic (exact) mass is 385 g/mol. The van der Waals surface area contributed by atoms with E-state index >= 15 is 0 Å². The van der Waals surface area contributed by atoms with Gasteiger partial charge in [-0.3, -0.25) is 4.79 Å². The molecule has 1 amide bonds. The van der Waals surface area contributed by atoms with E-state index in [0.29, 0.717) is 18.8 Å². The first-order chi connectivity index (χ1) is 11.4. The van der Waals surface area contributed by atoms with Crippen molar-refractivity contribution in [1.82, 2.24) is 5.32 Å². The van der Waals surface area contributed by atoms with Crippen LogP contribution in [0.5, 0.6) is 0 Å². The molecule has 2 bridgehead atoms. The van der Waals surface area contributed by atoms with Crippen molar-refractivity contribution in [3.63, 3.8) is 0 Å². The van der Waals surface area contributed by atoms with Crippen molar-refractivity contribution >= 4 is 23.6 Å². The van der Waals surface area contributed by atoms with Gasteiger partial charge in [0, 0.05) is 31.0 Å². The van der Waals surface area contributed by atoms with Crippen molar-refractivity contribution in [3.8, 4) is 0 Å². The number of carboxylic acids is 1. The number of hydrogen-bond acceptors (Lipinski definition) is 8. The Morgan fingerprint density at radius 2 is 2.04 bits per heavy atom. The normalized spacial score (nSPS) is 33.3. The Kier molecular flexibility index (Phi) is 10.3. The number of fused-ring (bicyclic) bond motifs is 6. The number of rotatable bonds is 6. The van der Waals surface area contributed by atoms with Gasteiger partial charge in [0.1, 0.15) is 6.10 Å². The van der Waals surface area contributed by atoms with Crippen LogP contribution in [0.3, 0.4) is 0 Å². The Bertz CT molecular complexity index is 454. The van der Waals surface area contributed by atoms with Crippen molar-refractivity contribution in [2.45, 2.75) is 56.8 Å². The molecule has 3 aliphatic rings. The first-order valence-corrected chi connectivity index (χ1v) is 9.24. The number of aliphatic carboxylic acids is 1. The number of ether oxygens (including phenoxy) is 2. The van der Waals surface area contributed by atoms with Crippen molar-refractivity contribution in [2.75, 3.05) is 18.1 Å². The van der Waals surface area contributed by atoms with Crippen molar-refractivity contribution in [1.29, 1.82) is 0 Å². The Morgan fingerprint density at radius 3 is 2.68 bits per heavy atom. The fourth-order valence-corrected chi connectivity index (χ4v) is 4.19. The first kappa shape index (κ1) is 23.2. The number of aliphatic hydroxyl groups excluding tert-OH is 2. The maximum absolute atomic E-state index is 11.0. The maximum Gasteiger partial charge on any atom is 1.00 e. The topological polar surface area (TPSA) is 128 Å². The van der Waals surface area contributed by atoms with E-state index in [1.807, 2.05) is 0 Å². The fraction of sp³-hybridized carbons (Fsp3) is 0.867. The van der Waals surface area contributed by atoms with Gasteiger partial charge in [0.05, 0.1) is 24.2 Å².